The van der Waals surface area contributed by atoms with Crippen molar-refractivity contribution in [3.63, 3.8) is 0 Å². The molecule has 21 heavy (non-hydrogen) atoms. The molecule has 1 saturated heterocycles. The molecular weight excluding hydrogens is 262 g/mol. The van der Waals surface area contributed by atoms with E-state index in [4.69, 9.17) is 0 Å². The molecule has 2 N–H and O–H groups in total. The smallest absolute Gasteiger partial charge is 0.231 e. The predicted molar refractivity (Wildman–Crippen MR) is 88.8 cm³/mol. The average Bonchev–Trinajstić information content (AvgIpc) is 2.49. The minimum absolute atomic E-state index is 0.158. The molecule has 1 fully saturated rings. The van der Waals surface area contributed by atoms with Crippen LogP contribution in [0.3, 0.4) is 0 Å². The van der Waals surface area contributed by atoms with Crippen molar-refractivity contribution in [1.29, 1.82) is 0 Å². The standard InChI is InChI=1S/C17H27N3O/c1-4-10-17(11-7-12-18-13-17)16(21)19-14-8-5-6-9-15(14)20(2)3/h5-6,8-9,18H,4,7,10-13H2,1-3H3,(H,19,21). The number of carbonyl (C=O) groups is 1. The lowest BCUT2D eigenvalue weighted by atomic mass is 9.76. The predicted octanol–water partition coefficient (Wildman–Crippen LogP) is 2.86. The Morgan fingerprint density at radius 3 is 2.76 bits per heavy atom. The molecule has 4 heteroatoms. The molecule has 1 aliphatic heterocycles. The van der Waals surface area contributed by atoms with Gasteiger partial charge in [0.1, 0.15) is 0 Å². The molecule has 1 heterocycles. The molecule has 2 rings (SSSR count). The van der Waals surface area contributed by atoms with E-state index in [9.17, 15) is 4.79 Å². The number of nitrogens with one attached hydrogen (secondary N) is 2. The number of amides is 1. The van der Waals surface area contributed by atoms with E-state index in [2.05, 4.69) is 17.6 Å². The van der Waals surface area contributed by atoms with E-state index in [0.717, 1.165) is 50.1 Å². The third kappa shape index (κ3) is 3.56. The van der Waals surface area contributed by atoms with Gasteiger partial charge in [0, 0.05) is 20.6 Å². The van der Waals surface area contributed by atoms with E-state index in [1.54, 1.807) is 0 Å². The molecule has 1 atom stereocenters. The molecule has 4 nitrogen and oxygen atoms in total. The van der Waals surface area contributed by atoms with Crippen molar-refractivity contribution < 1.29 is 4.79 Å². The van der Waals surface area contributed by atoms with Crippen LogP contribution in [-0.2, 0) is 4.79 Å². The summed E-state index contributed by atoms with van der Waals surface area (Å²) in [5, 5.41) is 6.56. The van der Waals surface area contributed by atoms with Crippen molar-refractivity contribution >= 4 is 17.3 Å². The van der Waals surface area contributed by atoms with Crippen LogP contribution >= 0.6 is 0 Å². The lowest BCUT2D eigenvalue weighted by Crippen LogP contribution is -2.48. The van der Waals surface area contributed by atoms with Gasteiger partial charge in [0.2, 0.25) is 5.91 Å². The molecule has 0 radical (unpaired) electrons. The number of nitrogens with zero attached hydrogens (tertiary/aromatic N) is 1. The first-order valence-corrected chi connectivity index (χ1v) is 7.87. The number of benzene rings is 1. The highest BCUT2D eigenvalue weighted by molar-refractivity contribution is 5.98. The van der Waals surface area contributed by atoms with Crippen molar-refractivity contribution in [2.45, 2.75) is 32.6 Å². The molecule has 0 aromatic heterocycles. The Labute approximate surface area is 127 Å². The molecule has 0 bridgehead atoms. The Hall–Kier alpha value is -1.55. The second-order valence-corrected chi connectivity index (χ2v) is 6.18. The lowest BCUT2D eigenvalue weighted by Gasteiger charge is -2.36. The van der Waals surface area contributed by atoms with Gasteiger partial charge in [-0.3, -0.25) is 4.79 Å². The highest BCUT2D eigenvalue weighted by Crippen LogP contribution is 2.34. The van der Waals surface area contributed by atoms with Crippen LogP contribution in [0.2, 0.25) is 0 Å². The Morgan fingerprint density at radius 1 is 1.38 bits per heavy atom. The summed E-state index contributed by atoms with van der Waals surface area (Å²) in [6.07, 6.45) is 4.02. The minimum Gasteiger partial charge on any atom is -0.376 e. The van der Waals surface area contributed by atoms with E-state index in [1.165, 1.54) is 0 Å². The van der Waals surface area contributed by atoms with Crippen molar-refractivity contribution in [1.82, 2.24) is 5.32 Å². The third-order valence-corrected chi connectivity index (χ3v) is 4.32. The summed E-state index contributed by atoms with van der Waals surface area (Å²) in [6.45, 7) is 3.96. The molecule has 116 valence electrons. The van der Waals surface area contributed by atoms with E-state index in [0.29, 0.717) is 0 Å². The molecule has 1 aromatic carbocycles. The monoisotopic (exact) mass is 289 g/mol. The van der Waals surface area contributed by atoms with Gasteiger partial charge in [-0.25, -0.2) is 0 Å². The first-order chi connectivity index (χ1) is 10.1. The second kappa shape index (κ2) is 6.94. The van der Waals surface area contributed by atoms with Gasteiger partial charge in [0.15, 0.2) is 0 Å². The van der Waals surface area contributed by atoms with Gasteiger partial charge >= 0.3 is 0 Å². The van der Waals surface area contributed by atoms with Gasteiger partial charge < -0.3 is 15.5 Å². The fourth-order valence-corrected chi connectivity index (χ4v) is 3.19. The van der Waals surface area contributed by atoms with Crippen LogP contribution < -0.4 is 15.5 Å². The molecule has 0 aliphatic carbocycles. The van der Waals surface area contributed by atoms with Crippen molar-refractivity contribution in [3.8, 4) is 0 Å². The lowest BCUT2D eigenvalue weighted by molar-refractivity contribution is -0.127. The zero-order valence-electron chi connectivity index (χ0n) is 13.4. The highest BCUT2D eigenvalue weighted by Gasteiger charge is 2.38. The van der Waals surface area contributed by atoms with Crippen LogP contribution in [0.1, 0.15) is 32.6 Å². The maximum Gasteiger partial charge on any atom is 0.231 e. The quantitative estimate of drug-likeness (QED) is 0.876. The van der Waals surface area contributed by atoms with Crippen LogP contribution in [0.4, 0.5) is 11.4 Å². The molecule has 1 aromatic rings. The molecule has 1 aliphatic rings. The summed E-state index contributed by atoms with van der Waals surface area (Å²) in [4.78, 5) is 14.9. The Balaban J connectivity index is 2.19. The molecule has 1 amide bonds. The first-order valence-electron chi connectivity index (χ1n) is 7.87. The third-order valence-electron chi connectivity index (χ3n) is 4.32. The van der Waals surface area contributed by atoms with Crippen molar-refractivity contribution in [2.75, 3.05) is 37.4 Å². The normalized spacial score (nSPS) is 21.9. The topological polar surface area (TPSA) is 44.4 Å². The zero-order valence-corrected chi connectivity index (χ0v) is 13.4. The number of para-hydroxylation sites is 2. The van der Waals surface area contributed by atoms with Crippen LogP contribution in [0.5, 0.6) is 0 Å². The summed E-state index contributed by atoms with van der Waals surface area (Å²) in [5.74, 6) is 0.158. The maximum absolute atomic E-state index is 12.9. The SMILES string of the molecule is CCCC1(C(=O)Nc2ccccc2N(C)C)CCCNC1. The maximum atomic E-state index is 12.9. The summed E-state index contributed by atoms with van der Waals surface area (Å²) < 4.78 is 0. The van der Waals surface area contributed by atoms with Crippen LogP contribution in [0, 0.1) is 5.41 Å². The van der Waals surface area contributed by atoms with E-state index < -0.39 is 0 Å². The van der Waals surface area contributed by atoms with Crippen molar-refractivity contribution in [2.24, 2.45) is 5.41 Å². The number of hydrogen-bond donors (Lipinski definition) is 2. The van der Waals surface area contributed by atoms with E-state index in [1.807, 2.05) is 43.3 Å². The fourth-order valence-electron chi connectivity index (χ4n) is 3.19. The number of piperidine rings is 1. The molecule has 0 spiro atoms. The number of anilines is 2. The summed E-state index contributed by atoms with van der Waals surface area (Å²) >= 11 is 0. The van der Waals surface area contributed by atoms with Crippen LogP contribution in [0.25, 0.3) is 0 Å². The van der Waals surface area contributed by atoms with Crippen molar-refractivity contribution in [3.05, 3.63) is 24.3 Å². The van der Waals surface area contributed by atoms with Gasteiger partial charge in [-0.15, -0.1) is 0 Å². The summed E-state index contributed by atoms with van der Waals surface area (Å²) in [5.41, 5.74) is 1.68. The average molecular weight is 289 g/mol. The number of hydrogen-bond acceptors (Lipinski definition) is 3. The zero-order chi connectivity index (χ0) is 15.3. The summed E-state index contributed by atoms with van der Waals surface area (Å²) in [6, 6.07) is 7.97. The molecule has 1 unspecified atom stereocenters. The number of carbonyl (C=O) groups excluding carboxylic acids is 1. The second-order valence-electron chi connectivity index (χ2n) is 6.18. The highest BCUT2D eigenvalue weighted by atomic mass is 16.2. The number of rotatable bonds is 5. The van der Waals surface area contributed by atoms with Gasteiger partial charge in [-0.2, -0.15) is 0 Å². The van der Waals surface area contributed by atoms with Gasteiger partial charge in [0.05, 0.1) is 16.8 Å². The minimum atomic E-state index is -0.258. The first kappa shape index (κ1) is 15.8. The van der Waals surface area contributed by atoms with E-state index >= 15 is 0 Å². The molecular formula is C17H27N3O. The Bertz CT molecular complexity index is 473. The largest absolute Gasteiger partial charge is 0.376 e. The van der Waals surface area contributed by atoms with Gasteiger partial charge in [-0.1, -0.05) is 25.5 Å². The molecule has 0 saturated carbocycles. The fraction of sp³-hybridized carbons (Fsp3) is 0.588. The summed E-state index contributed by atoms with van der Waals surface area (Å²) in [7, 11) is 3.99. The Morgan fingerprint density at radius 2 is 2.14 bits per heavy atom. The van der Waals surface area contributed by atoms with Crippen LogP contribution in [-0.4, -0.2) is 33.1 Å². The van der Waals surface area contributed by atoms with Gasteiger partial charge in [-0.05, 0) is 37.9 Å². The van der Waals surface area contributed by atoms with Crippen LogP contribution in [0.15, 0.2) is 24.3 Å². The Kier molecular flexibility index (Phi) is 5.23. The van der Waals surface area contributed by atoms with E-state index in [-0.39, 0.29) is 11.3 Å². The van der Waals surface area contributed by atoms with Gasteiger partial charge in [0.25, 0.3) is 0 Å².